The van der Waals surface area contributed by atoms with Crippen molar-refractivity contribution in [2.24, 2.45) is 0 Å². The third-order valence-corrected chi connectivity index (χ3v) is 6.11. The highest BCUT2D eigenvalue weighted by Gasteiger charge is 2.33. The summed E-state index contributed by atoms with van der Waals surface area (Å²) in [5, 5.41) is 0. The second-order valence-corrected chi connectivity index (χ2v) is 8.43. The molecular weight excluding hydrogens is 312 g/mol. The zero-order valence-electron chi connectivity index (χ0n) is 13.5. The van der Waals surface area contributed by atoms with Gasteiger partial charge in [-0.1, -0.05) is 30.3 Å². The Bertz CT molecular complexity index is 749. The number of aromatic nitrogens is 1. The van der Waals surface area contributed by atoms with Crippen LogP contribution in [-0.4, -0.2) is 35.8 Å². The molecule has 0 saturated carbocycles. The molecule has 1 unspecified atom stereocenters. The van der Waals surface area contributed by atoms with E-state index in [4.69, 9.17) is 4.42 Å². The monoisotopic (exact) mass is 334 g/mol. The van der Waals surface area contributed by atoms with Crippen molar-refractivity contribution in [2.45, 2.75) is 39.4 Å². The van der Waals surface area contributed by atoms with Crippen LogP contribution in [0.2, 0.25) is 0 Å². The van der Waals surface area contributed by atoms with E-state index in [9.17, 15) is 8.42 Å². The minimum absolute atomic E-state index is 0.0210. The van der Waals surface area contributed by atoms with Crippen LogP contribution in [0.3, 0.4) is 0 Å². The van der Waals surface area contributed by atoms with Gasteiger partial charge in [0.05, 0.1) is 23.7 Å². The number of hydrogen-bond acceptors (Lipinski definition) is 5. The van der Waals surface area contributed by atoms with E-state index in [0.29, 0.717) is 25.4 Å². The van der Waals surface area contributed by atoms with E-state index in [0.717, 1.165) is 17.0 Å². The van der Waals surface area contributed by atoms with Crippen LogP contribution in [-0.2, 0) is 22.9 Å². The van der Waals surface area contributed by atoms with Gasteiger partial charge in [-0.05, 0) is 25.8 Å². The van der Waals surface area contributed by atoms with E-state index in [-0.39, 0.29) is 17.5 Å². The van der Waals surface area contributed by atoms with Gasteiger partial charge >= 0.3 is 0 Å². The van der Waals surface area contributed by atoms with Crippen molar-refractivity contribution in [3.05, 3.63) is 53.2 Å². The Balaban J connectivity index is 1.81. The van der Waals surface area contributed by atoms with E-state index in [1.165, 1.54) is 0 Å². The fraction of sp³-hybridized carbons (Fsp3) is 0.471. The van der Waals surface area contributed by atoms with Crippen molar-refractivity contribution >= 4 is 9.84 Å². The van der Waals surface area contributed by atoms with Crippen LogP contribution >= 0.6 is 0 Å². The summed E-state index contributed by atoms with van der Waals surface area (Å²) in [6, 6.07) is 10.1. The fourth-order valence-electron chi connectivity index (χ4n) is 2.98. The van der Waals surface area contributed by atoms with E-state index in [1.807, 2.05) is 32.0 Å². The Morgan fingerprint density at radius 2 is 1.96 bits per heavy atom. The molecule has 6 heteroatoms. The largest absolute Gasteiger partial charge is 0.444 e. The molecule has 1 aliphatic heterocycles. The van der Waals surface area contributed by atoms with Gasteiger partial charge in [-0.2, -0.15) is 0 Å². The first-order valence-electron chi connectivity index (χ1n) is 7.84. The summed E-state index contributed by atoms with van der Waals surface area (Å²) in [5.74, 6) is 1.96. The predicted molar refractivity (Wildman–Crippen MR) is 88.7 cm³/mol. The van der Waals surface area contributed by atoms with E-state index < -0.39 is 9.84 Å². The predicted octanol–water partition coefficient (Wildman–Crippen LogP) is 2.48. The maximum Gasteiger partial charge on any atom is 0.208 e. The zero-order chi connectivity index (χ0) is 16.4. The molecule has 0 radical (unpaired) electrons. The highest BCUT2D eigenvalue weighted by Crippen LogP contribution is 2.22. The summed E-state index contributed by atoms with van der Waals surface area (Å²) in [6.45, 7) is 5.04. The topological polar surface area (TPSA) is 63.4 Å². The highest BCUT2D eigenvalue weighted by atomic mass is 32.2. The molecule has 1 saturated heterocycles. The summed E-state index contributed by atoms with van der Waals surface area (Å²) < 4.78 is 29.4. The fourth-order valence-corrected chi connectivity index (χ4v) is 4.74. The number of hydrogen-bond donors (Lipinski definition) is 0. The third kappa shape index (κ3) is 4.00. The lowest BCUT2D eigenvalue weighted by atomic mass is 10.1. The molecule has 2 heterocycles. The Morgan fingerprint density at radius 3 is 2.52 bits per heavy atom. The molecule has 0 bridgehead atoms. The van der Waals surface area contributed by atoms with E-state index >= 15 is 0 Å². The van der Waals surface area contributed by atoms with E-state index in [2.05, 4.69) is 22.0 Å². The van der Waals surface area contributed by atoms with Crippen LogP contribution in [0.4, 0.5) is 0 Å². The van der Waals surface area contributed by atoms with Crippen molar-refractivity contribution in [2.75, 3.05) is 11.5 Å². The lowest BCUT2D eigenvalue weighted by molar-refractivity contribution is 0.175. The first kappa shape index (κ1) is 16.2. The molecule has 1 aromatic carbocycles. The second-order valence-electron chi connectivity index (χ2n) is 6.20. The van der Waals surface area contributed by atoms with Gasteiger partial charge in [0.1, 0.15) is 5.76 Å². The molecule has 1 aliphatic rings. The average Bonchev–Trinajstić information content (AvgIpc) is 3.02. The molecule has 124 valence electrons. The zero-order valence-corrected chi connectivity index (χ0v) is 14.3. The lowest BCUT2D eigenvalue weighted by Gasteiger charge is -2.26. The second kappa shape index (κ2) is 6.45. The molecule has 0 spiro atoms. The van der Waals surface area contributed by atoms with Crippen molar-refractivity contribution < 1.29 is 12.8 Å². The minimum Gasteiger partial charge on any atom is -0.444 e. The molecule has 5 nitrogen and oxygen atoms in total. The van der Waals surface area contributed by atoms with Gasteiger partial charge in [0.2, 0.25) is 5.89 Å². The SMILES string of the molecule is Cc1nc(CN(Cc2ccccc2)C2CCS(=O)(=O)C2)oc1C. The summed E-state index contributed by atoms with van der Waals surface area (Å²) in [4.78, 5) is 6.61. The molecule has 1 fully saturated rings. The van der Waals surface area contributed by atoms with Crippen molar-refractivity contribution in [3.63, 3.8) is 0 Å². The van der Waals surface area contributed by atoms with Crippen LogP contribution in [0.5, 0.6) is 0 Å². The van der Waals surface area contributed by atoms with Gasteiger partial charge in [0.25, 0.3) is 0 Å². The number of sulfone groups is 1. The van der Waals surface area contributed by atoms with Crippen LogP contribution in [0, 0.1) is 13.8 Å². The summed E-state index contributed by atoms with van der Waals surface area (Å²) in [7, 11) is -2.92. The standard InChI is InChI=1S/C17H22N2O3S/c1-13-14(2)22-17(18-13)11-19(10-15-6-4-3-5-7-15)16-8-9-23(20,21)12-16/h3-7,16H,8-12H2,1-2H3. The molecule has 1 atom stereocenters. The normalized spacial score (nSPS) is 20.2. The molecule has 0 N–H and O–H groups in total. The first-order valence-corrected chi connectivity index (χ1v) is 9.66. The summed E-state index contributed by atoms with van der Waals surface area (Å²) >= 11 is 0. The Kier molecular flexibility index (Phi) is 4.55. The average molecular weight is 334 g/mol. The number of nitrogens with zero attached hydrogens (tertiary/aromatic N) is 2. The van der Waals surface area contributed by atoms with Gasteiger partial charge in [-0.25, -0.2) is 13.4 Å². The maximum absolute atomic E-state index is 11.8. The molecule has 23 heavy (non-hydrogen) atoms. The number of benzene rings is 1. The number of oxazole rings is 1. The van der Waals surface area contributed by atoms with Crippen molar-refractivity contribution in [3.8, 4) is 0 Å². The summed E-state index contributed by atoms with van der Waals surface area (Å²) in [6.07, 6.45) is 0.674. The smallest absolute Gasteiger partial charge is 0.208 e. The van der Waals surface area contributed by atoms with Crippen molar-refractivity contribution in [1.29, 1.82) is 0 Å². The summed E-state index contributed by atoms with van der Waals surface area (Å²) in [5.41, 5.74) is 2.05. The van der Waals surface area contributed by atoms with E-state index in [1.54, 1.807) is 0 Å². The van der Waals surface area contributed by atoms with Gasteiger partial charge in [-0.15, -0.1) is 0 Å². The minimum atomic E-state index is -2.92. The van der Waals surface area contributed by atoms with Gasteiger partial charge in [-0.3, -0.25) is 4.90 Å². The van der Waals surface area contributed by atoms with Crippen LogP contribution < -0.4 is 0 Å². The first-order chi connectivity index (χ1) is 10.9. The van der Waals surface area contributed by atoms with Crippen LogP contribution in [0.1, 0.15) is 29.3 Å². The van der Waals surface area contributed by atoms with Gasteiger partial charge in [0.15, 0.2) is 9.84 Å². The molecule has 2 aromatic rings. The number of rotatable bonds is 5. The number of aryl methyl sites for hydroxylation is 2. The Labute approximate surface area is 137 Å². The van der Waals surface area contributed by atoms with Gasteiger partial charge < -0.3 is 4.42 Å². The van der Waals surface area contributed by atoms with Gasteiger partial charge in [0, 0.05) is 12.6 Å². The maximum atomic E-state index is 11.8. The quantitative estimate of drug-likeness (QED) is 0.840. The molecular formula is C17H22N2O3S. The van der Waals surface area contributed by atoms with Crippen LogP contribution in [0.15, 0.2) is 34.7 Å². The molecule has 0 aliphatic carbocycles. The molecule has 1 aromatic heterocycles. The molecule has 0 amide bonds. The Hall–Kier alpha value is -1.66. The Morgan fingerprint density at radius 1 is 1.22 bits per heavy atom. The highest BCUT2D eigenvalue weighted by molar-refractivity contribution is 7.91. The lowest BCUT2D eigenvalue weighted by Crippen LogP contribution is -2.35. The molecule has 3 rings (SSSR count). The van der Waals surface area contributed by atoms with Crippen LogP contribution in [0.25, 0.3) is 0 Å². The third-order valence-electron chi connectivity index (χ3n) is 4.36. The van der Waals surface area contributed by atoms with Crippen molar-refractivity contribution in [1.82, 2.24) is 9.88 Å².